The Kier molecular flexibility index (Phi) is 3.31. The Bertz CT molecular complexity index is 422. The summed E-state index contributed by atoms with van der Waals surface area (Å²) in [6.45, 7) is 1.89. The van der Waals surface area contributed by atoms with Crippen LogP contribution in [0.5, 0.6) is 0 Å². The van der Waals surface area contributed by atoms with E-state index in [1.54, 1.807) is 0 Å². The Morgan fingerprint density at radius 1 is 1.65 bits per heavy atom. The summed E-state index contributed by atoms with van der Waals surface area (Å²) in [6.07, 6.45) is 0.496. The molecule has 92 valence electrons. The van der Waals surface area contributed by atoms with Crippen LogP contribution in [0.2, 0.25) is 0 Å². The Morgan fingerprint density at radius 3 is 3.00 bits per heavy atom. The first kappa shape index (κ1) is 11.9. The number of hydrazine groups is 1. The molecule has 0 aliphatic carbocycles. The highest BCUT2D eigenvalue weighted by molar-refractivity contribution is 5.82. The van der Waals surface area contributed by atoms with Crippen LogP contribution in [0, 0.1) is 0 Å². The molecule has 1 fully saturated rings. The van der Waals surface area contributed by atoms with Gasteiger partial charge < -0.3 is 10.8 Å². The number of amides is 1. The first-order valence-electron chi connectivity index (χ1n) is 5.67. The second-order valence-corrected chi connectivity index (χ2v) is 4.34. The lowest BCUT2D eigenvalue weighted by Gasteiger charge is -2.23. The molecule has 17 heavy (non-hydrogen) atoms. The number of nitrogens with two attached hydrogens (primary N) is 1. The molecule has 5 nitrogen and oxygen atoms in total. The van der Waals surface area contributed by atoms with E-state index in [2.05, 4.69) is 5.43 Å². The van der Waals surface area contributed by atoms with Crippen molar-refractivity contribution in [2.75, 3.05) is 11.6 Å². The molecule has 1 saturated heterocycles. The quantitative estimate of drug-likeness (QED) is 0.704. The molecule has 2 rings (SSSR count). The van der Waals surface area contributed by atoms with Gasteiger partial charge in [0, 0.05) is 0 Å². The summed E-state index contributed by atoms with van der Waals surface area (Å²) < 4.78 is 0. The van der Waals surface area contributed by atoms with Gasteiger partial charge in [0.25, 0.3) is 0 Å². The molecule has 1 aromatic carbocycles. The number of carbonyl (C=O) groups is 1. The molecule has 1 aromatic rings. The van der Waals surface area contributed by atoms with Gasteiger partial charge in [-0.2, -0.15) is 0 Å². The molecular weight excluding hydrogens is 218 g/mol. The highest BCUT2D eigenvalue weighted by Gasteiger charge is 2.26. The maximum atomic E-state index is 11.3. The van der Waals surface area contributed by atoms with Crippen molar-refractivity contribution in [2.45, 2.75) is 25.4 Å². The smallest absolute Gasteiger partial charge is 0.240 e. The summed E-state index contributed by atoms with van der Waals surface area (Å²) >= 11 is 0. The zero-order valence-corrected chi connectivity index (χ0v) is 9.76. The Labute approximate surface area is 100 Å². The molecule has 0 saturated carbocycles. The van der Waals surface area contributed by atoms with E-state index in [9.17, 15) is 4.79 Å². The predicted octanol–water partition coefficient (Wildman–Crippen LogP) is 0.309. The SMILES string of the molecule is CC1CC(=O)NN1c1cccc(C(N)CO)c1. The minimum Gasteiger partial charge on any atom is -0.394 e. The van der Waals surface area contributed by atoms with Crippen molar-refractivity contribution in [1.29, 1.82) is 0 Å². The van der Waals surface area contributed by atoms with E-state index >= 15 is 0 Å². The third-order valence-electron chi connectivity index (χ3n) is 2.94. The van der Waals surface area contributed by atoms with Gasteiger partial charge in [-0.15, -0.1) is 0 Å². The Morgan fingerprint density at radius 2 is 2.41 bits per heavy atom. The predicted molar refractivity (Wildman–Crippen MR) is 65.2 cm³/mol. The molecule has 1 heterocycles. The standard InChI is InChI=1S/C12H17N3O2/c1-8-5-12(17)14-15(8)10-4-2-3-9(6-10)11(13)7-16/h2-4,6,8,11,16H,5,7,13H2,1H3,(H,14,17). The minimum absolute atomic E-state index is 0.0226. The number of hydrogen-bond donors (Lipinski definition) is 3. The number of benzene rings is 1. The monoisotopic (exact) mass is 235 g/mol. The van der Waals surface area contributed by atoms with Crippen molar-refractivity contribution in [3.63, 3.8) is 0 Å². The van der Waals surface area contributed by atoms with E-state index in [-0.39, 0.29) is 24.6 Å². The molecule has 2 unspecified atom stereocenters. The van der Waals surface area contributed by atoms with E-state index in [4.69, 9.17) is 10.8 Å². The van der Waals surface area contributed by atoms with Crippen LogP contribution in [-0.2, 0) is 4.79 Å². The lowest BCUT2D eigenvalue weighted by molar-refractivity contribution is -0.119. The van der Waals surface area contributed by atoms with Gasteiger partial charge >= 0.3 is 0 Å². The summed E-state index contributed by atoms with van der Waals surface area (Å²) in [5, 5.41) is 10.9. The summed E-state index contributed by atoms with van der Waals surface area (Å²) in [7, 11) is 0. The van der Waals surface area contributed by atoms with Gasteiger partial charge in [-0.05, 0) is 24.6 Å². The van der Waals surface area contributed by atoms with Crippen molar-refractivity contribution < 1.29 is 9.90 Å². The van der Waals surface area contributed by atoms with Crippen LogP contribution in [0.1, 0.15) is 24.9 Å². The Hall–Kier alpha value is -1.59. The van der Waals surface area contributed by atoms with Crippen LogP contribution in [-0.4, -0.2) is 23.7 Å². The molecule has 4 N–H and O–H groups in total. The van der Waals surface area contributed by atoms with E-state index in [0.29, 0.717) is 6.42 Å². The van der Waals surface area contributed by atoms with Crippen LogP contribution in [0.25, 0.3) is 0 Å². The van der Waals surface area contributed by atoms with Gasteiger partial charge in [0.05, 0.1) is 30.8 Å². The maximum absolute atomic E-state index is 11.3. The molecule has 1 amide bonds. The molecule has 0 radical (unpaired) electrons. The summed E-state index contributed by atoms with van der Waals surface area (Å²) in [4.78, 5) is 11.3. The molecule has 0 bridgehead atoms. The minimum atomic E-state index is -0.386. The lowest BCUT2D eigenvalue weighted by atomic mass is 10.1. The first-order chi connectivity index (χ1) is 8.11. The van der Waals surface area contributed by atoms with Crippen molar-refractivity contribution in [3.05, 3.63) is 29.8 Å². The summed E-state index contributed by atoms with van der Waals surface area (Å²) in [6, 6.07) is 7.29. The number of nitrogens with one attached hydrogen (secondary N) is 1. The summed E-state index contributed by atoms with van der Waals surface area (Å²) in [5.74, 6) is 0.0226. The van der Waals surface area contributed by atoms with Gasteiger partial charge in [0.15, 0.2) is 0 Å². The number of anilines is 1. The number of rotatable bonds is 3. The number of aliphatic hydroxyl groups excluding tert-OH is 1. The fraction of sp³-hybridized carbons (Fsp3) is 0.417. The van der Waals surface area contributed by atoms with Gasteiger partial charge in [0.1, 0.15) is 0 Å². The van der Waals surface area contributed by atoms with Crippen LogP contribution in [0.3, 0.4) is 0 Å². The van der Waals surface area contributed by atoms with E-state index in [1.807, 2.05) is 36.2 Å². The number of hydrogen-bond acceptors (Lipinski definition) is 4. The molecule has 2 atom stereocenters. The largest absolute Gasteiger partial charge is 0.394 e. The van der Waals surface area contributed by atoms with Crippen LogP contribution >= 0.6 is 0 Å². The average Bonchev–Trinajstić information content (AvgIpc) is 2.67. The van der Waals surface area contributed by atoms with Crippen LogP contribution in [0.4, 0.5) is 5.69 Å². The van der Waals surface area contributed by atoms with E-state index < -0.39 is 0 Å². The van der Waals surface area contributed by atoms with Crippen molar-refractivity contribution in [2.24, 2.45) is 5.73 Å². The molecule has 5 heteroatoms. The third kappa shape index (κ3) is 2.40. The van der Waals surface area contributed by atoms with Crippen molar-refractivity contribution in [1.82, 2.24) is 5.43 Å². The van der Waals surface area contributed by atoms with E-state index in [0.717, 1.165) is 11.3 Å². The van der Waals surface area contributed by atoms with Crippen molar-refractivity contribution >= 4 is 11.6 Å². The third-order valence-corrected chi connectivity index (χ3v) is 2.94. The maximum Gasteiger partial charge on any atom is 0.240 e. The molecule has 1 aliphatic rings. The van der Waals surface area contributed by atoms with E-state index in [1.165, 1.54) is 0 Å². The fourth-order valence-electron chi connectivity index (χ4n) is 1.98. The van der Waals surface area contributed by atoms with Gasteiger partial charge in [-0.25, -0.2) is 0 Å². The normalized spacial score (nSPS) is 21.5. The zero-order valence-electron chi connectivity index (χ0n) is 9.76. The molecular formula is C12H17N3O2. The number of carbonyl (C=O) groups excluding carboxylic acids is 1. The van der Waals surface area contributed by atoms with Crippen LogP contribution in [0.15, 0.2) is 24.3 Å². The zero-order chi connectivity index (χ0) is 12.4. The van der Waals surface area contributed by atoms with Gasteiger partial charge in [-0.1, -0.05) is 12.1 Å². The number of nitrogens with zero attached hydrogens (tertiary/aromatic N) is 1. The topological polar surface area (TPSA) is 78.6 Å². The summed E-state index contributed by atoms with van der Waals surface area (Å²) in [5.41, 5.74) is 10.3. The average molecular weight is 235 g/mol. The Balaban J connectivity index is 2.24. The molecule has 0 spiro atoms. The van der Waals surface area contributed by atoms with Crippen molar-refractivity contribution in [3.8, 4) is 0 Å². The van der Waals surface area contributed by atoms with Gasteiger partial charge in [0.2, 0.25) is 5.91 Å². The fourth-order valence-corrected chi connectivity index (χ4v) is 1.98. The van der Waals surface area contributed by atoms with Gasteiger partial charge in [-0.3, -0.25) is 15.2 Å². The molecule has 1 aliphatic heterocycles. The molecule has 0 aromatic heterocycles. The highest BCUT2D eigenvalue weighted by atomic mass is 16.3. The second kappa shape index (κ2) is 4.73. The lowest BCUT2D eigenvalue weighted by Crippen LogP contribution is -2.37. The van der Waals surface area contributed by atoms with Crippen LogP contribution < -0.4 is 16.2 Å². The second-order valence-electron chi connectivity index (χ2n) is 4.34. The number of aliphatic hydroxyl groups is 1. The first-order valence-corrected chi connectivity index (χ1v) is 5.67. The highest BCUT2D eigenvalue weighted by Crippen LogP contribution is 2.23.